The molecule has 1 aliphatic heterocycles. The van der Waals surface area contributed by atoms with Gasteiger partial charge in [-0.05, 0) is 25.8 Å². The number of alkyl halides is 2. The van der Waals surface area contributed by atoms with E-state index in [-0.39, 0.29) is 17.9 Å². The zero-order chi connectivity index (χ0) is 7.35. The van der Waals surface area contributed by atoms with Crippen molar-refractivity contribution in [2.75, 3.05) is 6.54 Å². The third-order valence-electron chi connectivity index (χ3n) is 2.61. The number of nitrogens with one attached hydrogen (secondary N) is 1. The van der Waals surface area contributed by atoms with E-state index in [9.17, 15) is 8.78 Å². The van der Waals surface area contributed by atoms with Crippen LogP contribution in [-0.2, 0) is 0 Å². The van der Waals surface area contributed by atoms with Gasteiger partial charge in [-0.25, -0.2) is 8.78 Å². The minimum Gasteiger partial charge on any atom is -0.313 e. The van der Waals surface area contributed by atoms with Gasteiger partial charge in [0.2, 0.25) is 5.92 Å². The molecule has 3 heteroatoms. The lowest BCUT2D eigenvalue weighted by Crippen LogP contribution is -2.25. The monoisotopic (exact) mass is 147 g/mol. The van der Waals surface area contributed by atoms with Gasteiger partial charge in [-0.1, -0.05) is 0 Å². The van der Waals surface area contributed by atoms with Gasteiger partial charge in [-0.3, -0.25) is 0 Å². The molecule has 1 N–H and O–H groups in total. The lowest BCUT2D eigenvalue weighted by atomic mass is 10.1. The van der Waals surface area contributed by atoms with Crippen molar-refractivity contribution < 1.29 is 8.78 Å². The Morgan fingerprint density at radius 1 is 1.50 bits per heavy atom. The molecule has 3 unspecified atom stereocenters. The van der Waals surface area contributed by atoms with E-state index < -0.39 is 5.92 Å². The Kier molecular flexibility index (Phi) is 1.11. The van der Waals surface area contributed by atoms with Crippen LogP contribution in [0.1, 0.15) is 13.3 Å². The zero-order valence-electron chi connectivity index (χ0n) is 5.90. The van der Waals surface area contributed by atoms with Crippen molar-refractivity contribution in [1.29, 1.82) is 0 Å². The maximum atomic E-state index is 12.6. The summed E-state index contributed by atoms with van der Waals surface area (Å²) in [5.41, 5.74) is 0. The largest absolute Gasteiger partial charge is 0.313 e. The van der Waals surface area contributed by atoms with E-state index in [1.807, 2.05) is 0 Å². The summed E-state index contributed by atoms with van der Waals surface area (Å²) < 4.78 is 25.2. The minimum absolute atomic E-state index is 0.139. The number of piperidine rings is 1. The topological polar surface area (TPSA) is 12.0 Å². The van der Waals surface area contributed by atoms with Gasteiger partial charge in [0.1, 0.15) is 0 Å². The molecule has 0 bridgehead atoms. The summed E-state index contributed by atoms with van der Waals surface area (Å²) in [7, 11) is 0. The molecule has 1 saturated carbocycles. The quantitative estimate of drug-likeness (QED) is 0.588. The smallest absolute Gasteiger partial charge is 0.250 e. The summed E-state index contributed by atoms with van der Waals surface area (Å²) in [6.45, 7) is 1.96. The van der Waals surface area contributed by atoms with Gasteiger partial charge in [0, 0.05) is 12.0 Å². The fraction of sp³-hybridized carbons (Fsp3) is 1.00. The highest BCUT2D eigenvalue weighted by molar-refractivity contribution is 5.11. The summed E-state index contributed by atoms with van der Waals surface area (Å²) >= 11 is 0. The Balaban J connectivity index is 2.01. The normalized spacial score (nSPS) is 45.3. The lowest BCUT2D eigenvalue weighted by molar-refractivity contribution is -0.0120. The average molecular weight is 147 g/mol. The molecule has 1 saturated heterocycles. The highest BCUT2D eigenvalue weighted by Gasteiger charge is 2.62. The molecule has 0 aromatic rings. The molecule has 1 aliphatic carbocycles. The fourth-order valence-corrected chi connectivity index (χ4v) is 2.12. The van der Waals surface area contributed by atoms with Crippen molar-refractivity contribution in [2.45, 2.75) is 25.3 Å². The predicted molar refractivity (Wildman–Crippen MR) is 34.0 cm³/mol. The number of rotatable bonds is 1. The summed E-state index contributed by atoms with van der Waals surface area (Å²) in [5, 5.41) is 3.07. The molecular formula is C7H11F2N. The van der Waals surface area contributed by atoms with Crippen molar-refractivity contribution >= 4 is 0 Å². The van der Waals surface area contributed by atoms with Crippen LogP contribution in [0.3, 0.4) is 0 Å². The first kappa shape index (κ1) is 6.53. The van der Waals surface area contributed by atoms with Crippen molar-refractivity contribution in [1.82, 2.24) is 5.32 Å². The van der Waals surface area contributed by atoms with Crippen LogP contribution in [0.2, 0.25) is 0 Å². The van der Waals surface area contributed by atoms with Gasteiger partial charge in [-0.2, -0.15) is 0 Å². The van der Waals surface area contributed by atoms with E-state index in [4.69, 9.17) is 0 Å². The zero-order valence-corrected chi connectivity index (χ0v) is 5.90. The Morgan fingerprint density at radius 3 is 2.50 bits per heavy atom. The molecule has 2 fully saturated rings. The second kappa shape index (κ2) is 1.70. The van der Waals surface area contributed by atoms with Crippen LogP contribution in [-0.4, -0.2) is 18.5 Å². The van der Waals surface area contributed by atoms with Crippen molar-refractivity contribution in [3.05, 3.63) is 0 Å². The Bertz CT molecular complexity index is 142. The first-order chi connectivity index (χ1) is 4.61. The first-order valence-corrected chi connectivity index (χ1v) is 3.72. The Labute approximate surface area is 58.8 Å². The molecule has 3 atom stereocenters. The summed E-state index contributed by atoms with van der Waals surface area (Å²) in [6.07, 6.45) is 0.943. The van der Waals surface area contributed by atoms with E-state index >= 15 is 0 Å². The summed E-state index contributed by atoms with van der Waals surface area (Å²) in [6, 6.07) is 0.139. The molecular weight excluding hydrogens is 136 g/mol. The van der Waals surface area contributed by atoms with E-state index in [1.165, 1.54) is 0 Å². The van der Waals surface area contributed by atoms with Crippen molar-refractivity contribution in [3.8, 4) is 0 Å². The van der Waals surface area contributed by atoms with E-state index in [2.05, 4.69) is 5.32 Å². The standard InChI is InChI=1S/C7H11F2N/c1-7(8,9)5-4-2-3-10-6(4)5/h4-6,10H,2-3H2,1H3. The number of hydrogen-bond acceptors (Lipinski definition) is 1. The molecule has 58 valence electrons. The maximum absolute atomic E-state index is 12.6. The van der Waals surface area contributed by atoms with Gasteiger partial charge in [0.05, 0.1) is 0 Å². The summed E-state index contributed by atoms with van der Waals surface area (Å²) in [5.74, 6) is -2.54. The number of fused-ring (bicyclic) bond motifs is 1. The van der Waals surface area contributed by atoms with Crippen LogP contribution in [0.25, 0.3) is 0 Å². The van der Waals surface area contributed by atoms with E-state index in [0.29, 0.717) is 0 Å². The molecule has 0 radical (unpaired) electrons. The predicted octanol–water partition coefficient (Wildman–Crippen LogP) is 1.25. The van der Waals surface area contributed by atoms with Gasteiger partial charge in [0.15, 0.2) is 0 Å². The van der Waals surface area contributed by atoms with Crippen LogP contribution in [0.4, 0.5) is 8.78 Å². The molecule has 2 aliphatic rings. The summed E-state index contributed by atoms with van der Waals surface area (Å²) in [4.78, 5) is 0. The fourth-order valence-electron chi connectivity index (χ4n) is 2.12. The van der Waals surface area contributed by atoms with E-state index in [0.717, 1.165) is 19.9 Å². The highest BCUT2D eigenvalue weighted by atomic mass is 19.3. The molecule has 10 heavy (non-hydrogen) atoms. The first-order valence-electron chi connectivity index (χ1n) is 3.72. The third-order valence-corrected chi connectivity index (χ3v) is 2.61. The van der Waals surface area contributed by atoms with Gasteiger partial charge < -0.3 is 5.32 Å². The van der Waals surface area contributed by atoms with E-state index in [1.54, 1.807) is 0 Å². The molecule has 1 heterocycles. The van der Waals surface area contributed by atoms with Crippen molar-refractivity contribution in [3.63, 3.8) is 0 Å². The van der Waals surface area contributed by atoms with Crippen LogP contribution in [0.15, 0.2) is 0 Å². The van der Waals surface area contributed by atoms with Crippen LogP contribution < -0.4 is 5.32 Å². The minimum atomic E-state index is -2.46. The number of halogens is 2. The second-order valence-corrected chi connectivity index (χ2v) is 3.41. The Hall–Kier alpha value is -0.180. The SMILES string of the molecule is CC(F)(F)C1C2CCNC21. The number of hydrogen-bond donors (Lipinski definition) is 1. The average Bonchev–Trinajstić information content (AvgIpc) is 2.30. The molecule has 2 rings (SSSR count). The van der Waals surface area contributed by atoms with Crippen molar-refractivity contribution in [2.24, 2.45) is 11.8 Å². The van der Waals surface area contributed by atoms with Gasteiger partial charge >= 0.3 is 0 Å². The molecule has 0 aromatic carbocycles. The maximum Gasteiger partial charge on any atom is 0.250 e. The Morgan fingerprint density at radius 2 is 2.20 bits per heavy atom. The molecule has 0 amide bonds. The molecule has 0 aromatic heterocycles. The molecule has 1 nitrogen and oxygen atoms in total. The van der Waals surface area contributed by atoms with Crippen LogP contribution in [0, 0.1) is 11.8 Å². The van der Waals surface area contributed by atoms with Crippen LogP contribution in [0.5, 0.6) is 0 Å². The molecule has 0 spiro atoms. The highest BCUT2D eigenvalue weighted by Crippen LogP contribution is 2.53. The van der Waals surface area contributed by atoms with Gasteiger partial charge in [-0.15, -0.1) is 0 Å². The second-order valence-electron chi connectivity index (χ2n) is 3.41. The van der Waals surface area contributed by atoms with Crippen LogP contribution >= 0.6 is 0 Å². The lowest BCUT2D eigenvalue weighted by Gasteiger charge is -2.11. The third kappa shape index (κ3) is 0.764. The van der Waals surface area contributed by atoms with Gasteiger partial charge in [0.25, 0.3) is 0 Å².